The topological polar surface area (TPSA) is 49.3 Å². The van der Waals surface area contributed by atoms with E-state index in [9.17, 15) is 4.79 Å². The lowest BCUT2D eigenvalue weighted by Crippen LogP contribution is -2.56. The van der Waals surface area contributed by atoms with Gasteiger partial charge in [0.15, 0.2) is 5.69 Å². The molecule has 6 heteroatoms. The third kappa shape index (κ3) is 3.10. The quantitative estimate of drug-likeness (QED) is 0.839. The van der Waals surface area contributed by atoms with Crippen LogP contribution in [0, 0.1) is 0 Å². The minimum Gasteiger partial charge on any atom is -0.334 e. The summed E-state index contributed by atoms with van der Waals surface area (Å²) >= 11 is 6.17. The molecule has 3 heterocycles. The van der Waals surface area contributed by atoms with Crippen LogP contribution in [-0.4, -0.2) is 57.9 Å². The van der Waals surface area contributed by atoms with Crippen molar-refractivity contribution in [1.82, 2.24) is 19.8 Å². The Kier molecular flexibility index (Phi) is 4.64. The fourth-order valence-electron chi connectivity index (χ4n) is 3.30. The number of amides is 1. The van der Waals surface area contributed by atoms with Gasteiger partial charge in [0.05, 0.1) is 11.2 Å². The molecule has 2 saturated heterocycles. The Morgan fingerprint density at radius 3 is 2.91 bits per heavy atom. The second-order valence-corrected chi connectivity index (χ2v) is 6.92. The highest BCUT2D eigenvalue weighted by Gasteiger charge is 2.32. The van der Waals surface area contributed by atoms with Gasteiger partial charge in [0.25, 0.3) is 5.91 Å². The van der Waals surface area contributed by atoms with Crippen LogP contribution in [0.5, 0.6) is 0 Å². The van der Waals surface area contributed by atoms with E-state index in [0.717, 1.165) is 19.6 Å². The molecule has 0 saturated carbocycles. The summed E-state index contributed by atoms with van der Waals surface area (Å²) in [5.74, 6) is 0.794. The summed E-state index contributed by atoms with van der Waals surface area (Å²) in [7, 11) is 0. The predicted octanol–water partition coefficient (Wildman–Crippen LogP) is 2.56. The Bertz CT molecular complexity index is 563. The van der Waals surface area contributed by atoms with E-state index in [4.69, 9.17) is 11.6 Å². The largest absolute Gasteiger partial charge is 0.334 e. The van der Waals surface area contributed by atoms with Gasteiger partial charge >= 0.3 is 0 Å². The van der Waals surface area contributed by atoms with Crippen LogP contribution in [-0.2, 0) is 0 Å². The second-order valence-electron chi connectivity index (χ2n) is 6.52. The van der Waals surface area contributed by atoms with Gasteiger partial charge in [0, 0.05) is 31.6 Å². The lowest BCUT2D eigenvalue weighted by molar-refractivity contribution is 0.0368. The molecule has 0 radical (unpaired) electrons. The molecule has 1 atom stereocenters. The first-order chi connectivity index (χ1) is 10.6. The van der Waals surface area contributed by atoms with E-state index in [-0.39, 0.29) is 11.8 Å². The highest BCUT2D eigenvalue weighted by Crippen LogP contribution is 2.24. The van der Waals surface area contributed by atoms with Gasteiger partial charge in [-0.3, -0.25) is 9.69 Å². The molecular formula is C16H23ClN4O. The third-order valence-electron chi connectivity index (χ3n) is 4.61. The molecule has 0 bridgehead atoms. The third-order valence-corrected chi connectivity index (χ3v) is 4.88. The molecule has 22 heavy (non-hydrogen) atoms. The molecule has 1 aromatic rings. The Hall–Kier alpha value is -1.20. The lowest BCUT2D eigenvalue weighted by Gasteiger charge is -2.43. The molecule has 5 nitrogen and oxygen atoms in total. The number of piperazine rings is 1. The Balaban J connectivity index is 1.77. The van der Waals surface area contributed by atoms with E-state index >= 15 is 0 Å². The minimum absolute atomic E-state index is 0.0560. The average molecular weight is 323 g/mol. The number of halogens is 1. The summed E-state index contributed by atoms with van der Waals surface area (Å²) in [6.07, 6.45) is 5.27. The van der Waals surface area contributed by atoms with E-state index in [0.29, 0.717) is 22.6 Å². The van der Waals surface area contributed by atoms with Gasteiger partial charge in [-0.05, 0) is 19.4 Å². The predicted molar refractivity (Wildman–Crippen MR) is 86.2 cm³/mol. The molecule has 0 aliphatic carbocycles. The molecule has 0 spiro atoms. The number of carbonyl (C=O) groups is 1. The summed E-state index contributed by atoms with van der Waals surface area (Å²) < 4.78 is 0. The van der Waals surface area contributed by atoms with E-state index < -0.39 is 0 Å². The molecule has 0 N–H and O–H groups in total. The van der Waals surface area contributed by atoms with Crippen LogP contribution < -0.4 is 0 Å². The summed E-state index contributed by atoms with van der Waals surface area (Å²) in [5.41, 5.74) is 0.352. The maximum Gasteiger partial charge on any atom is 0.274 e. The van der Waals surface area contributed by atoms with Gasteiger partial charge in [-0.2, -0.15) is 0 Å². The average Bonchev–Trinajstić information content (AvgIpc) is 2.54. The molecule has 1 amide bonds. The molecule has 2 aliphatic rings. The van der Waals surface area contributed by atoms with Gasteiger partial charge in [-0.1, -0.05) is 31.9 Å². The van der Waals surface area contributed by atoms with Gasteiger partial charge in [0.2, 0.25) is 0 Å². The Morgan fingerprint density at radius 1 is 1.32 bits per heavy atom. The zero-order valence-electron chi connectivity index (χ0n) is 13.3. The molecule has 0 aromatic carbocycles. The maximum atomic E-state index is 12.8. The Labute approximate surface area is 136 Å². The van der Waals surface area contributed by atoms with Crippen LogP contribution in [0.2, 0.25) is 5.02 Å². The standard InChI is InChI=1S/C16H23ClN4O/c1-11(2)15-18-9-13(17)14(19-15)16(22)21-8-7-20-6-4-3-5-12(20)10-21/h9,11-12H,3-8,10H2,1-2H3/t12-/m1/s1. The summed E-state index contributed by atoms with van der Waals surface area (Å²) in [6.45, 7) is 7.69. The summed E-state index contributed by atoms with van der Waals surface area (Å²) in [6, 6.07) is 0.497. The van der Waals surface area contributed by atoms with Crippen molar-refractivity contribution in [3.63, 3.8) is 0 Å². The first-order valence-corrected chi connectivity index (χ1v) is 8.50. The fraction of sp³-hybridized carbons (Fsp3) is 0.688. The molecule has 2 fully saturated rings. The first kappa shape index (κ1) is 15.7. The highest BCUT2D eigenvalue weighted by molar-refractivity contribution is 6.33. The van der Waals surface area contributed by atoms with Crippen LogP contribution in [0.4, 0.5) is 0 Å². The number of fused-ring (bicyclic) bond motifs is 1. The molecule has 120 valence electrons. The van der Waals surface area contributed by atoms with Crippen molar-refractivity contribution in [3.8, 4) is 0 Å². The molecular weight excluding hydrogens is 300 g/mol. The fourth-order valence-corrected chi connectivity index (χ4v) is 3.47. The van der Waals surface area contributed by atoms with Gasteiger partial charge < -0.3 is 4.90 Å². The van der Waals surface area contributed by atoms with Gasteiger partial charge in [0.1, 0.15) is 5.82 Å². The van der Waals surface area contributed by atoms with Crippen LogP contribution >= 0.6 is 11.6 Å². The Morgan fingerprint density at radius 2 is 2.14 bits per heavy atom. The van der Waals surface area contributed by atoms with E-state index in [1.807, 2.05) is 18.7 Å². The van der Waals surface area contributed by atoms with Crippen molar-refractivity contribution in [2.75, 3.05) is 26.2 Å². The van der Waals surface area contributed by atoms with Crippen LogP contribution in [0.3, 0.4) is 0 Å². The number of hydrogen-bond donors (Lipinski definition) is 0. The molecule has 3 rings (SSSR count). The van der Waals surface area contributed by atoms with Crippen molar-refractivity contribution in [2.24, 2.45) is 0 Å². The van der Waals surface area contributed by atoms with E-state index in [2.05, 4.69) is 14.9 Å². The van der Waals surface area contributed by atoms with Crippen molar-refractivity contribution in [2.45, 2.75) is 45.1 Å². The van der Waals surface area contributed by atoms with E-state index in [1.54, 1.807) is 6.20 Å². The smallest absolute Gasteiger partial charge is 0.274 e. The maximum absolute atomic E-state index is 12.8. The number of piperidine rings is 1. The molecule has 2 aliphatic heterocycles. The van der Waals surface area contributed by atoms with Crippen LogP contribution in [0.1, 0.15) is 55.3 Å². The summed E-state index contributed by atoms with van der Waals surface area (Å²) in [4.78, 5) is 25.8. The normalized spacial score (nSPS) is 22.7. The molecule has 0 unspecified atom stereocenters. The molecule has 1 aromatic heterocycles. The van der Waals surface area contributed by atoms with Crippen LogP contribution in [0.15, 0.2) is 6.20 Å². The monoisotopic (exact) mass is 322 g/mol. The zero-order valence-corrected chi connectivity index (χ0v) is 14.0. The van der Waals surface area contributed by atoms with Crippen molar-refractivity contribution >= 4 is 17.5 Å². The number of nitrogens with zero attached hydrogens (tertiary/aromatic N) is 4. The van der Waals surface area contributed by atoms with E-state index in [1.165, 1.54) is 25.8 Å². The second kappa shape index (κ2) is 6.50. The van der Waals surface area contributed by atoms with Gasteiger partial charge in [-0.25, -0.2) is 9.97 Å². The SMILES string of the molecule is CC(C)c1ncc(Cl)c(C(=O)N2CCN3CCCC[C@@H]3C2)n1. The zero-order chi connectivity index (χ0) is 15.7. The van der Waals surface area contributed by atoms with Crippen molar-refractivity contribution < 1.29 is 4.79 Å². The van der Waals surface area contributed by atoms with Gasteiger partial charge in [-0.15, -0.1) is 0 Å². The number of hydrogen-bond acceptors (Lipinski definition) is 4. The van der Waals surface area contributed by atoms with Crippen molar-refractivity contribution in [1.29, 1.82) is 0 Å². The number of carbonyl (C=O) groups excluding carboxylic acids is 1. The highest BCUT2D eigenvalue weighted by atomic mass is 35.5. The summed E-state index contributed by atoms with van der Waals surface area (Å²) in [5, 5.41) is 0.348. The minimum atomic E-state index is -0.0560. The lowest BCUT2D eigenvalue weighted by atomic mass is 9.99. The van der Waals surface area contributed by atoms with Crippen LogP contribution in [0.25, 0.3) is 0 Å². The first-order valence-electron chi connectivity index (χ1n) is 8.12. The number of aromatic nitrogens is 2. The number of rotatable bonds is 2. The van der Waals surface area contributed by atoms with Crippen molar-refractivity contribution in [3.05, 3.63) is 22.7 Å².